The van der Waals surface area contributed by atoms with Crippen LogP contribution in [0.15, 0.2) is 12.7 Å². The molecule has 0 heterocycles. The Hall–Kier alpha value is -0.340. The van der Waals surface area contributed by atoms with E-state index in [4.69, 9.17) is 5.84 Å². The van der Waals surface area contributed by atoms with E-state index >= 15 is 0 Å². The van der Waals surface area contributed by atoms with Gasteiger partial charge in [-0.25, -0.2) is 0 Å². The number of hydrogen-bond donors (Lipinski definition) is 2. The summed E-state index contributed by atoms with van der Waals surface area (Å²) in [6, 6.07) is 0.487. The maximum atomic E-state index is 5.63. The highest BCUT2D eigenvalue weighted by atomic mass is 15.2. The average Bonchev–Trinajstić information content (AvgIpc) is 2.27. The first-order valence-corrected chi connectivity index (χ1v) is 6.37. The van der Waals surface area contributed by atoms with Crippen molar-refractivity contribution < 1.29 is 0 Å². The van der Waals surface area contributed by atoms with Gasteiger partial charge >= 0.3 is 0 Å². The fourth-order valence-corrected chi connectivity index (χ4v) is 2.09. The monoisotopic (exact) mass is 212 g/mol. The first-order chi connectivity index (χ1) is 7.29. The van der Waals surface area contributed by atoms with E-state index in [0.29, 0.717) is 6.04 Å². The van der Waals surface area contributed by atoms with Crippen LogP contribution in [0.1, 0.15) is 58.8 Å². The molecule has 2 nitrogen and oxygen atoms in total. The summed E-state index contributed by atoms with van der Waals surface area (Å²) in [5.74, 6) is 6.36. The highest BCUT2D eigenvalue weighted by Crippen LogP contribution is 2.20. The van der Waals surface area contributed by atoms with Crippen LogP contribution in [0.25, 0.3) is 0 Å². The average molecular weight is 212 g/mol. The lowest BCUT2D eigenvalue weighted by Gasteiger charge is -2.25. The SMILES string of the molecule is C=CCCCC(NN)C(CC)CCCC. The van der Waals surface area contributed by atoms with Crippen LogP contribution >= 0.6 is 0 Å². The van der Waals surface area contributed by atoms with Crippen molar-refractivity contribution in [2.75, 3.05) is 0 Å². The summed E-state index contributed by atoms with van der Waals surface area (Å²) in [7, 11) is 0. The molecule has 0 aromatic heterocycles. The Labute approximate surface area is 95.3 Å². The lowest BCUT2D eigenvalue weighted by Crippen LogP contribution is -2.40. The predicted octanol–water partition coefficient (Wildman–Crippen LogP) is 3.39. The lowest BCUT2D eigenvalue weighted by molar-refractivity contribution is 0.302. The summed E-state index contributed by atoms with van der Waals surface area (Å²) < 4.78 is 0. The van der Waals surface area contributed by atoms with Gasteiger partial charge in [0.05, 0.1) is 0 Å². The zero-order chi connectivity index (χ0) is 11.5. The van der Waals surface area contributed by atoms with Gasteiger partial charge in [0.25, 0.3) is 0 Å². The summed E-state index contributed by atoms with van der Waals surface area (Å²) in [6.45, 7) is 8.25. The number of allylic oxidation sites excluding steroid dienone is 1. The topological polar surface area (TPSA) is 38.0 Å². The smallest absolute Gasteiger partial charge is 0.0238 e. The van der Waals surface area contributed by atoms with Crippen LogP contribution in [0.4, 0.5) is 0 Å². The second-order valence-electron chi connectivity index (χ2n) is 4.30. The minimum absolute atomic E-state index is 0.487. The second kappa shape index (κ2) is 10.2. The van der Waals surface area contributed by atoms with Crippen LogP contribution in [0.3, 0.4) is 0 Å². The van der Waals surface area contributed by atoms with Gasteiger partial charge in [-0.1, -0.05) is 39.2 Å². The Morgan fingerprint density at radius 1 is 1.27 bits per heavy atom. The van der Waals surface area contributed by atoms with Crippen LogP contribution in [-0.4, -0.2) is 6.04 Å². The van der Waals surface area contributed by atoms with Crippen molar-refractivity contribution in [3.63, 3.8) is 0 Å². The molecule has 0 aliphatic rings. The molecule has 0 spiro atoms. The molecule has 0 aliphatic heterocycles. The standard InChI is InChI=1S/C13H28N2/c1-4-7-9-11-13(15-14)12(6-3)10-8-5-2/h4,12-13,15H,1,5-11,14H2,2-3H3. The fraction of sp³-hybridized carbons (Fsp3) is 0.846. The van der Waals surface area contributed by atoms with Gasteiger partial charge in [0.2, 0.25) is 0 Å². The Bertz CT molecular complexity index is 145. The molecule has 0 fully saturated rings. The molecule has 0 radical (unpaired) electrons. The largest absolute Gasteiger partial charge is 0.271 e. The van der Waals surface area contributed by atoms with Crippen LogP contribution in [0.2, 0.25) is 0 Å². The van der Waals surface area contributed by atoms with E-state index in [1.54, 1.807) is 0 Å². The van der Waals surface area contributed by atoms with Crippen LogP contribution in [0, 0.1) is 5.92 Å². The van der Waals surface area contributed by atoms with Crippen molar-refractivity contribution in [1.82, 2.24) is 5.43 Å². The van der Waals surface area contributed by atoms with Gasteiger partial charge in [-0.3, -0.25) is 11.3 Å². The lowest BCUT2D eigenvalue weighted by atomic mass is 9.88. The van der Waals surface area contributed by atoms with Crippen LogP contribution in [0.5, 0.6) is 0 Å². The van der Waals surface area contributed by atoms with Crippen molar-refractivity contribution in [2.24, 2.45) is 11.8 Å². The van der Waals surface area contributed by atoms with E-state index in [2.05, 4.69) is 25.9 Å². The van der Waals surface area contributed by atoms with Gasteiger partial charge in [0, 0.05) is 6.04 Å². The van der Waals surface area contributed by atoms with E-state index in [1.165, 1.54) is 38.5 Å². The predicted molar refractivity (Wildman–Crippen MR) is 68.5 cm³/mol. The molecule has 0 saturated heterocycles. The molecule has 0 amide bonds. The first-order valence-electron chi connectivity index (χ1n) is 6.37. The molecule has 0 aliphatic carbocycles. The number of nitrogens with two attached hydrogens (primary N) is 1. The quantitative estimate of drug-likeness (QED) is 0.252. The summed E-state index contributed by atoms with van der Waals surface area (Å²) in [5.41, 5.74) is 2.99. The molecule has 0 bridgehead atoms. The minimum atomic E-state index is 0.487. The van der Waals surface area contributed by atoms with Gasteiger partial charge in [0.15, 0.2) is 0 Å². The van der Waals surface area contributed by atoms with Gasteiger partial charge in [-0.2, -0.15) is 0 Å². The summed E-state index contributed by atoms with van der Waals surface area (Å²) in [4.78, 5) is 0. The Morgan fingerprint density at radius 2 is 2.00 bits per heavy atom. The van der Waals surface area contributed by atoms with Crippen molar-refractivity contribution in [3.05, 3.63) is 12.7 Å². The zero-order valence-corrected chi connectivity index (χ0v) is 10.5. The third-order valence-corrected chi connectivity index (χ3v) is 3.16. The molecule has 0 aromatic carbocycles. The van der Waals surface area contributed by atoms with Gasteiger partial charge in [-0.05, 0) is 31.6 Å². The number of unbranched alkanes of at least 4 members (excludes halogenated alkanes) is 2. The Morgan fingerprint density at radius 3 is 2.47 bits per heavy atom. The zero-order valence-electron chi connectivity index (χ0n) is 10.5. The van der Waals surface area contributed by atoms with Crippen molar-refractivity contribution >= 4 is 0 Å². The molecule has 3 N–H and O–H groups in total. The summed E-state index contributed by atoms with van der Waals surface area (Å²) in [5, 5.41) is 0. The first kappa shape index (κ1) is 14.7. The van der Waals surface area contributed by atoms with Crippen LogP contribution in [-0.2, 0) is 0 Å². The molecular formula is C13H28N2. The van der Waals surface area contributed by atoms with Gasteiger partial charge in [0.1, 0.15) is 0 Å². The van der Waals surface area contributed by atoms with Crippen LogP contribution < -0.4 is 11.3 Å². The van der Waals surface area contributed by atoms with Gasteiger partial charge < -0.3 is 0 Å². The highest BCUT2D eigenvalue weighted by molar-refractivity contribution is 4.75. The van der Waals surface area contributed by atoms with E-state index < -0.39 is 0 Å². The maximum absolute atomic E-state index is 5.63. The fourth-order valence-electron chi connectivity index (χ4n) is 2.09. The minimum Gasteiger partial charge on any atom is -0.271 e. The third-order valence-electron chi connectivity index (χ3n) is 3.16. The molecule has 2 unspecified atom stereocenters. The molecule has 2 heteroatoms. The normalized spacial score (nSPS) is 14.9. The maximum Gasteiger partial charge on any atom is 0.0238 e. The van der Waals surface area contributed by atoms with E-state index in [1.807, 2.05) is 6.08 Å². The second-order valence-corrected chi connectivity index (χ2v) is 4.30. The van der Waals surface area contributed by atoms with E-state index in [0.717, 1.165) is 12.3 Å². The summed E-state index contributed by atoms with van der Waals surface area (Å²) in [6.07, 6.45) is 10.6. The number of rotatable bonds is 10. The van der Waals surface area contributed by atoms with E-state index in [-0.39, 0.29) is 0 Å². The molecule has 90 valence electrons. The molecule has 2 atom stereocenters. The summed E-state index contributed by atoms with van der Waals surface area (Å²) >= 11 is 0. The highest BCUT2D eigenvalue weighted by Gasteiger charge is 2.17. The van der Waals surface area contributed by atoms with Crippen molar-refractivity contribution in [2.45, 2.75) is 64.8 Å². The molecule has 0 rings (SSSR count). The van der Waals surface area contributed by atoms with E-state index in [9.17, 15) is 0 Å². The molecule has 15 heavy (non-hydrogen) atoms. The Kier molecular flexibility index (Phi) is 9.96. The molecule has 0 aromatic rings. The molecular weight excluding hydrogens is 184 g/mol. The van der Waals surface area contributed by atoms with Crippen molar-refractivity contribution in [1.29, 1.82) is 0 Å². The molecule has 0 saturated carbocycles. The Balaban J connectivity index is 3.90. The third kappa shape index (κ3) is 6.69. The number of nitrogens with one attached hydrogen (secondary N) is 1. The van der Waals surface area contributed by atoms with Crippen molar-refractivity contribution in [3.8, 4) is 0 Å². The number of hydrogen-bond acceptors (Lipinski definition) is 2. The number of hydrazine groups is 1. The van der Waals surface area contributed by atoms with Gasteiger partial charge in [-0.15, -0.1) is 6.58 Å².